The van der Waals surface area contributed by atoms with Crippen LogP contribution in [0.2, 0.25) is 0 Å². The molecule has 2 fully saturated rings. The largest absolute Gasteiger partial charge is 0.460 e. The molecule has 16 heavy (non-hydrogen) atoms. The monoisotopic (exact) mass is 225 g/mol. The summed E-state index contributed by atoms with van der Waals surface area (Å²) in [5.41, 5.74) is -0.345. The van der Waals surface area contributed by atoms with E-state index in [2.05, 4.69) is 5.32 Å². The summed E-state index contributed by atoms with van der Waals surface area (Å²) in [6, 6.07) is 0.665. The van der Waals surface area contributed by atoms with Gasteiger partial charge in [0, 0.05) is 6.04 Å². The second-order valence-corrected chi connectivity index (χ2v) is 6.15. The highest BCUT2D eigenvalue weighted by Gasteiger charge is 2.37. The lowest BCUT2D eigenvalue weighted by Crippen LogP contribution is -2.37. The van der Waals surface area contributed by atoms with Gasteiger partial charge in [-0.1, -0.05) is 0 Å². The Hall–Kier alpha value is -0.570. The molecular formula is C13H23NO2. The smallest absolute Gasteiger partial charge is 0.309 e. The Morgan fingerprint density at radius 3 is 2.69 bits per heavy atom. The van der Waals surface area contributed by atoms with Crippen LogP contribution in [0.1, 0.15) is 46.5 Å². The average Bonchev–Trinajstić information content (AvgIpc) is 2.61. The first kappa shape index (κ1) is 11.9. The number of fused-ring (bicyclic) bond motifs is 1. The number of hydrogen-bond donors (Lipinski definition) is 1. The lowest BCUT2D eigenvalue weighted by molar-refractivity contribution is -0.161. The Kier molecular flexibility index (Phi) is 3.24. The van der Waals surface area contributed by atoms with E-state index in [-0.39, 0.29) is 17.5 Å². The Morgan fingerprint density at radius 1 is 1.25 bits per heavy atom. The van der Waals surface area contributed by atoms with E-state index in [1.54, 1.807) is 0 Å². The van der Waals surface area contributed by atoms with Gasteiger partial charge in [-0.25, -0.2) is 0 Å². The molecule has 0 aromatic rings. The van der Waals surface area contributed by atoms with Crippen LogP contribution in [0.25, 0.3) is 0 Å². The molecule has 92 valence electrons. The standard InChI is InChI=1S/C13H23NO2/c1-13(2,3)16-12(15)10-4-5-11-9(8-10)6-7-14-11/h9-11,14H,4-8H2,1-3H3/t9-,10-,11+/m1/s1. The van der Waals surface area contributed by atoms with Crippen molar-refractivity contribution in [3.8, 4) is 0 Å². The van der Waals surface area contributed by atoms with Crippen LogP contribution in [0, 0.1) is 11.8 Å². The molecular weight excluding hydrogens is 202 g/mol. The van der Waals surface area contributed by atoms with Crippen LogP contribution >= 0.6 is 0 Å². The fraction of sp³-hybridized carbons (Fsp3) is 0.923. The lowest BCUT2D eigenvalue weighted by atomic mass is 9.78. The fourth-order valence-corrected chi connectivity index (χ4v) is 2.91. The van der Waals surface area contributed by atoms with Gasteiger partial charge in [-0.2, -0.15) is 0 Å². The molecule has 1 N–H and O–H groups in total. The average molecular weight is 225 g/mol. The molecule has 2 aliphatic rings. The highest BCUT2D eigenvalue weighted by atomic mass is 16.6. The van der Waals surface area contributed by atoms with Gasteiger partial charge < -0.3 is 10.1 Å². The van der Waals surface area contributed by atoms with Crippen LogP contribution in [0.3, 0.4) is 0 Å². The molecule has 3 atom stereocenters. The van der Waals surface area contributed by atoms with Crippen molar-refractivity contribution >= 4 is 5.97 Å². The molecule has 0 spiro atoms. The van der Waals surface area contributed by atoms with Crippen molar-refractivity contribution in [1.82, 2.24) is 5.32 Å². The van der Waals surface area contributed by atoms with Crippen molar-refractivity contribution in [2.45, 2.75) is 58.1 Å². The maximum absolute atomic E-state index is 12.0. The number of carbonyl (C=O) groups excluding carboxylic acids is 1. The van der Waals surface area contributed by atoms with E-state index in [0.29, 0.717) is 12.0 Å². The molecule has 0 amide bonds. The molecule has 3 nitrogen and oxygen atoms in total. The summed E-state index contributed by atoms with van der Waals surface area (Å²) >= 11 is 0. The zero-order valence-corrected chi connectivity index (χ0v) is 10.6. The molecule has 1 aliphatic carbocycles. The number of rotatable bonds is 1. The van der Waals surface area contributed by atoms with Crippen LogP contribution in [-0.2, 0) is 9.53 Å². The third-order valence-electron chi connectivity index (χ3n) is 3.64. The van der Waals surface area contributed by atoms with Gasteiger partial charge in [0.2, 0.25) is 0 Å². The summed E-state index contributed by atoms with van der Waals surface area (Å²) < 4.78 is 5.47. The van der Waals surface area contributed by atoms with E-state index in [4.69, 9.17) is 4.74 Å². The number of nitrogens with one attached hydrogen (secondary N) is 1. The number of carbonyl (C=O) groups is 1. The molecule has 0 aromatic carbocycles. The van der Waals surface area contributed by atoms with Gasteiger partial charge >= 0.3 is 5.97 Å². The first-order chi connectivity index (χ1) is 7.46. The summed E-state index contributed by atoms with van der Waals surface area (Å²) in [5.74, 6) is 0.851. The predicted molar refractivity (Wildman–Crippen MR) is 63.1 cm³/mol. The van der Waals surface area contributed by atoms with Crippen LogP contribution in [0.4, 0.5) is 0 Å². The van der Waals surface area contributed by atoms with Gasteiger partial charge in [-0.15, -0.1) is 0 Å². The third-order valence-corrected chi connectivity index (χ3v) is 3.64. The maximum Gasteiger partial charge on any atom is 0.309 e. The van der Waals surface area contributed by atoms with E-state index in [0.717, 1.165) is 25.8 Å². The summed E-state index contributed by atoms with van der Waals surface area (Å²) in [6.07, 6.45) is 4.37. The summed E-state index contributed by atoms with van der Waals surface area (Å²) in [7, 11) is 0. The minimum Gasteiger partial charge on any atom is -0.460 e. The van der Waals surface area contributed by atoms with Gasteiger partial charge in [0.05, 0.1) is 5.92 Å². The van der Waals surface area contributed by atoms with Crippen LogP contribution in [0.15, 0.2) is 0 Å². The maximum atomic E-state index is 12.0. The summed E-state index contributed by atoms with van der Waals surface area (Å²) in [5, 5.41) is 3.51. The van der Waals surface area contributed by atoms with Gasteiger partial charge in [0.1, 0.15) is 5.60 Å². The van der Waals surface area contributed by atoms with Crippen molar-refractivity contribution in [1.29, 1.82) is 0 Å². The molecule has 2 rings (SSSR count). The van der Waals surface area contributed by atoms with E-state index >= 15 is 0 Å². The summed E-state index contributed by atoms with van der Waals surface area (Å²) in [4.78, 5) is 12.0. The molecule has 1 saturated heterocycles. The molecule has 0 radical (unpaired) electrons. The zero-order valence-electron chi connectivity index (χ0n) is 10.6. The Bertz CT molecular complexity index is 270. The molecule has 1 heterocycles. The highest BCUT2D eigenvalue weighted by molar-refractivity contribution is 5.73. The van der Waals surface area contributed by atoms with E-state index in [9.17, 15) is 4.79 Å². The van der Waals surface area contributed by atoms with Crippen molar-refractivity contribution in [2.75, 3.05) is 6.54 Å². The van der Waals surface area contributed by atoms with Gasteiger partial charge in [0.25, 0.3) is 0 Å². The second kappa shape index (κ2) is 4.36. The molecule has 3 heteroatoms. The number of esters is 1. The number of hydrogen-bond acceptors (Lipinski definition) is 3. The number of ether oxygens (including phenoxy) is 1. The van der Waals surface area contributed by atoms with Crippen molar-refractivity contribution in [2.24, 2.45) is 11.8 Å². The molecule has 0 bridgehead atoms. The topological polar surface area (TPSA) is 38.3 Å². The Balaban J connectivity index is 1.89. The van der Waals surface area contributed by atoms with E-state index < -0.39 is 0 Å². The normalized spacial score (nSPS) is 34.6. The van der Waals surface area contributed by atoms with Crippen LogP contribution in [-0.4, -0.2) is 24.2 Å². The minimum absolute atomic E-state index is 0.0119. The van der Waals surface area contributed by atoms with Crippen molar-refractivity contribution in [3.05, 3.63) is 0 Å². The van der Waals surface area contributed by atoms with Gasteiger partial charge in [-0.3, -0.25) is 4.79 Å². The van der Waals surface area contributed by atoms with Crippen LogP contribution in [0.5, 0.6) is 0 Å². The SMILES string of the molecule is CC(C)(C)OC(=O)[C@@H]1CC[C@@H]2NCC[C@@H]2C1. The quantitative estimate of drug-likeness (QED) is 0.695. The van der Waals surface area contributed by atoms with Crippen molar-refractivity contribution in [3.63, 3.8) is 0 Å². The van der Waals surface area contributed by atoms with Gasteiger partial charge in [0.15, 0.2) is 0 Å². The molecule has 0 aromatic heterocycles. The van der Waals surface area contributed by atoms with Gasteiger partial charge in [-0.05, 0) is 58.9 Å². The molecule has 0 unspecified atom stereocenters. The van der Waals surface area contributed by atoms with E-state index in [1.165, 1.54) is 6.42 Å². The predicted octanol–water partition coefficient (Wildman–Crippen LogP) is 2.11. The minimum atomic E-state index is -0.345. The summed E-state index contributed by atoms with van der Waals surface area (Å²) in [6.45, 7) is 6.94. The zero-order chi connectivity index (χ0) is 11.8. The molecule has 1 saturated carbocycles. The third kappa shape index (κ3) is 2.76. The highest BCUT2D eigenvalue weighted by Crippen LogP contribution is 2.35. The molecule has 1 aliphatic heterocycles. The van der Waals surface area contributed by atoms with Crippen molar-refractivity contribution < 1.29 is 9.53 Å². The van der Waals surface area contributed by atoms with E-state index in [1.807, 2.05) is 20.8 Å². The van der Waals surface area contributed by atoms with Crippen LogP contribution < -0.4 is 5.32 Å². The first-order valence-corrected chi connectivity index (χ1v) is 6.42. The first-order valence-electron chi connectivity index (χ1n) is 6.42. The second-order valence-electron chi connectivity index (χ2n) is 6.15. The Morgan fingerprint density at radius 2 is 2.00 bits per heavy atom. The Labute approximate surface area is 97.9 Å². The fourth-order valence-electron chi connectivity index (χ4n) is 2.91. The lowest BCUT2D eigenvalue weighted by Gasteiger charge is -2.32.